The van der Waals surface area contributed by atoms with Gasteiger partial charge in [-0.15, -0.1) is 0 Å². The lowest BCUT2D eigenvalue weighted by atomic mass is 9.84. The van der Waals surface area contributed by atoms with E-state index in [1.54, 1.807) is 21.3 Å². The second-order valence-corrected chi connectivity index (χ2v) is 8.21. The zero-order valence-corrected chi connectivity index (χ0v) is 17.6. The fourth-order valence-corrected chi connectivity index (χ4v) is 5.12. The van der Waals surface area contributed by atoms with Gasteiger partial charge in [-0.25, -0.2) is 0 Å². The van der Waals surface area contributed by atoms with Gasteiger partial charge in [-0.1, -0.05) is 6.07 Å². The van der Waals surface area contributed by atoms with Gasteiger partial charge in [-0.05, 0) is 70.4 Å². The summed E-state index contributed by atoms with van der Waals surface area (Å²) in [6, 6.07) is 11.3. The van der Waals surface area contributed by atoms with Crippen molar-refractivity contribution in [1.29, 1.82) is 0 Å². The van der Waals surface area contributed by atoms with E-state index in [1.807, 2.05) is 0 Å². The van der Waals surface area contributed by atoms with Gasteiger partial charge in [0.15, 0.2) is 11.5 Å². The normalized spacial score (nSPS) is 19.8. The highest BCUT2D eigenvalue weighted by molar-refractivity contribution is 6.12. The molecule has 1 fully saturated rings. The Morgan fingerprint density at radius 1 is 0.793 bits per heavy atom. The predicted octanol–water partition coefficient (Wildman–Crippen LogP) is 3.69. The van der Waals surface area contributed by atoms with Gasteiger partial charge in [0, 0.05) is 32.2 Å². The highest BCUT2D eigenvalue weighted by Gasteiger charge is 2.32. The first-order valence-corrected chi connectivity index (χ1v) is 10.2. The number of fused-ring (bicyclic) bond motifs is 7. The fraction of sp³-hybridized carbons (Fsp3) is 0.417. The summed E-state index contributed by atoms with van der Waals surface area (Å²) < 4.78 is 16.8. The van der Waals surface area contributed by atoms with Crippen LogP contribution in [0.5, 0.6) is 17.2 Å². The number of likely N-dealkylation sites (N-methyl/N-ethyl adjacent to an activating group) is 1. The lowest BCUT2D eigenvalue weighted by Gasteiger charge is -2.44. The maximum atomic E-state index is 5.65. The number of methoxy groups -OCH3 is 3. The summed E-state index contributed by atoms with van der Waals surface area (Å²) in [5.74, 6) is 2.42. The molecule has 1 saturated heterocycles. The van der Waals surface area contributed by atoms with Crippen LogP contribution in [0.2, 0.25) is 0 Å². The first kappa shape index (κ1) is 18.5. The van der Waals surface area contributed by atoms with Crippen LogP contribution in [0.25, 0.3) is 21.5 Å². The van der Waals surface area contributed by atoms with Crippen molar-refractivity contribution in [3.63, 3.8) is 0 Å². The van der Waals surface area contributed by atoms with Crippen molar-refractivity contribution in [2.75, 3.05) is 48.0 Å². The number of hydrogen-bond donors (Lipinski definition) is 0. The van der Waals surface area contributed by atoms with E-state index in [9.17, 15) is 0 Å². The van der Waals surface area contributed by atoms with E-state index < -0.39 is 0 Å². The van der Waals surface area contributed by atoms with Gasteiger partial charge in [-0.2, -0.15) is 0 Å². The van der Waals surface area contributed by atoms with Crippen LogP contribution in [-0.4, -0.2) is 63.9 Å². The van der Waals surface area contributed by atoms with Crippen LogP contribution in [0.15, 0.2) is 30.3 Å². The summed E-state index contributed by atoms with van der Waals surface area (Å²) in [7, 11) is 7.35. The number of hydrogen-bond acceptors (Lipinski definition) is 5. The molecule has 0 aromatic heterocycles. The molecule has 0 saturated carbocycles. The average molecular weight is 392 g/mol. The van der Waals surface area contributed by atoms with Crippen LogP contribution >= 0.6 is 0 Å². The molecule has 1 atom stereocenters. The molecule has 3 aromatic carbocycles. The third kappa shape index (κ3) is 2.92. The highest BCUT2D eigenvalue weighted by atomic mass is 16.5. The smallest absolute Gasteiger partial charge is 0.161 e. The van der Waals surface area contributed by atoms with Crippen LogP contribution in [0.4, 0.5) is 0 Å². The fourth-order valence-electron chi connectivity index (χ4n) is 5.12. The Labute approximate surface area is 171 Å². The SMILES string of the molecule is COc1ccc2c3c(c4cc(OC)c(OC)cc4c2c1)C[C@H]1CN(C)CCN1C3. The van der Waals surface area contributed by atoms with E-state index in [1.165, 1.54) is 32.7 Å². The standard InChI is InChI=1S/C24H28N2O3/c1-25-7-8-26-14-22-17-6-5-16(27-2)10-19(17)21-12-24(29-4)23(28-3)11-20(21)18(22)9-15(26)13-25/h5-6,10-12,15H,7-9,13-14H2,1-4H3/t15-/m0/s1. The van der Waals surface area contributed by atoms with E-state index in [2.05, 4.69) is 47.2 Å². The van der Waals surface area contributed by atoms with Gasteiger partial charge in [0.05, 0.1) is 21.3 Å². The molecule has 0 unspecified atom stereocenters. The Hall–Kier alpha value is -2.50. The van der Waals surface area contributed by atoms with Crippen LogP contribution in [0.3, 0.4) is 0 Å². The summed E-state index contributed by atoms with van der Waals surface area (Å²) in [6.07, 6.45) is 1.06. The van der Waals surface area contributed by atoms with Crippen molar-refractivity contribution < 1.29 is 14.2 Å². The van der Waals surface area contributed by atoms with Gasteiger partial charge in [0.25, 0.3) is 0 Å². The second-order valence-electron chi connectivity index (χ2n) is 8.21. The summed E-state index contributed by atoms with van der Waals surface area (Å²) in [5, 5.41) is 5.00. The van der Waals surface area contributed by atoms with Crippen molar-refractivity contribution >= 4 is 21.5 Å². The highest BCUT2D eigenvalue weighted by Crippen LogP contribution is 2.43. The maximum Gasteiger partial charge on any atom is 0.161 e. The molecule has 5 rings (SSSR count). The molecule has 5 nitrogen and oxygen atoms in total. The van der Waals surface area contributed by atoms with Crippen molar-refractivity contribution in [1.82, 2.24) is 9.80 Å². The summed E-state index contributed by atoms with van der Waals surface area (Å²) >= 11 is 0. The minimum absolute atomic E-state index is 0.563. The van der Waals surface area contributed by atoms with Crippen LogP contribution < -0.4 is 14.2 Å². The third-order valence-corrected chi connectivity index (χ3v) is 6.66. The second kappa shape index (κ2) is 7.08. The van der Waals surface area contributed by atoms with Gasteiger partial charge in [0.2, 0.25) is 0 Å². The quantitative estimate of drug-likeness (QED) is 0.635. The molecule has 0 radical (unpaired) electrons. The Balaban J connectivity index is 1.82. The van der Waals surface area contributed by atoms with Crippen LogP contribution in [-0.2, 0) is 13.0 Å². The topological polar surface area (TPSA) is 34.2 Å². The monoisotopic (exact) mass is 392 g/mol. The van der Waals surface area contributed by atoms with Gasteiger partial charge < -0.3 is 19.1 Å². The Bertz CT molecular complexity index is 1090. The Morgan fingerprint density at radius 3 is 2.24 bits per heavy atom. The lowest BCUT2D eigenvalue weighted by molar-refractivity contribution is 0.0759. The zero-order valence-electron chi connectivity index (χ0n) is 17.6. The first-order valence-electron chi connectivity index (χ1n) is 10.2. The van der Waals surface area contributed by atoms with Crippen LogP contribution in [0, 0.1) is 0 Å². The molecule has 0 spiro atoms. The van der Waals surface area contributed by atoms with E-state index in [-0.39, 0.29) is 0 Å². The number of ether oxygens (including phenoxy) is 3. The molecular weight excluding hydrogens is 364 g/mol. The maximum absolute atomic E-state index is 5.65. The summed E-state index contributed by atoms with van der Waals surface area (Å²) in [5.41, 5.74) is 2.90. The minimum Gasteiger partial charge on any atom is -0.497 e. The molecule has 2 aliphatic rings. The molecule has 0 N–H and O–H groups in total. The van der Waals surface area contributed by atoms with E-state index >= 15 is 0 Å². The van der Waals surface area contributed by atoms with E-state index in [4.69, 9.17) is 14.2 Å². The lowest BCUT2D eigenvalue weighted by Crippen LogP contribution is -2.54. The Morgan fingerprint density at radius 2 is 1.52 bits per heavy atom. The predicted molar refractivity (Wildman–Crippen MR) is 117 cm³/mol. The molecule has 3 aromatic rings. The molecule has 0 amide bonds. The molecule has 0 bridgehead atoms. The van der Waals surface area contributed by atoms with Gasteiger partial charge in [0.1, 0.15) is 5.75 Å². The molecule has 29 heavy (non-hydrogen) atoms. The van der Waals surface area contributed by atoms with E-state index in [0.717, 1.165) is 49.8 Å². The summed E-state index contributed by atoms with van der Waals surface area (Å²) in [6.45, 7) is 4.38. The molecule has 5 heteroatoms. The minimum atomic E-state index is 0.563. The van der Waals surface area contributed by atoms with Gasteiger partial charge in [-0.3, -0.25) is 4.90 Å². The third-order valence-electron chi connectivity index (χ3n) is 6.66. The molecular formula is C24H28N2O3. The van der Waals surface area contributed by atoms with Crippen molar-refractivity contribution in [3.05, 3.63) is 41.5 Å². The number of nitrogens with zero attached hydrogens (tertiary/aromatic N) is 2. The van der Waals surface area contributed by atoms with Crippen molar-refractivity contribution in [2.45, 2.75) is 19.0 Å². The molecule has 152 valence electrons. The average Bonchev–Trinajstić information content (AvgIpc) is 2.76. The van der Waals surface area contributed by atoms with Gasteiger partial charge >= 0.3 is 0 Å². The number of benzene rings is 3. The van der Waals surface area contributed by atoms with Crippen molar-refractivity contribution in [2.24, 2.45) is 0 Å². The number of rotatable bonds is 3. The largest absolute Gasteiger partial charge is 0.497 e. The Kier molecular flexibility index (Phi) is 4.52. The van der Waals surface area contributed by atoms with Crippen molar-refractivity contribution in [3.8, 4) is 17.2 Å². The molecule has 2 heterocycles. The molecule has 2 aliphatic heterocycles. The first-order chi connectivity index (χ1) is 14.1. The van der Waals surface area contributed by atoms with Crippen LogP contribution in [0.1, 0.15) is 11.1 Å². The zero-order chi connectivity index (χ0) is 20.1. The van der Waals surface area contributed by atoms with E-state index in [0.29, 0.717) is 6.04 Å². The summed E-state index contributed by atoms with van der Waals surface area (Å²) in [4.78, 5) is 5.10. The molecule has 0 aliphatic carbocycles. The number of piperazine rings is 1.